The van der Waals surface area contributed by atoms with E-state index in [2.05, 4.69) is 27.6 Å². The van der Waals surface area contributed by atoms with E-state index >= 15 is 0 Å². The Morgan fingerprint density at radius 3 is 2.87 bits per heavy atom. The Morgan fingerprint density at radius 2 is 2.19 bits per heavy atom. The number of amides is 1. The molecule has 0 saturated heterocycles. The summed E-state index contributed by atoms with van der Waals surface area (Å²) in [4.78, 5) is 16.5. The number of nitriles is 1. The molecule has 8 heteroatoms. The van der Waals surface area contributed by atoms with Gasteiger partial charge in [0.05, 0.1) is 34.1 Å². The zero-order valence-corrected chi connectivity index (χ0v) is 17.1. The summed E-state index contributed by atoms with van der Waals surface area (Å²) >= 11 is 5.87. The molecule has 3 rings (SSSR count). The van der Waals surface area contributed by atoms with Crippen molar-refractivity contribution in [3.8, 4) is 24.2 Å². The third kappa shape index (κ3) is 4.92. The van der Waals surface area contributed by atoms with Gasteiger partial charge in [-0.25, -0.2) is 4.39 Å². The van der Waals surface area contributed by atoms with Gasteiger partial charge in [-0.15, -0.1) is 6.42 Å². The number of carbonyl (C=O) groups excluding carboxylic acids is 1. The fourth-order valence-corrected chi connectivity index (χ4v) is 3.01. The fourth-order valence-electron chi connectivity index (χ4n) is 2.83. The lowest BCUT2D eigenvalue weighted by molar-refractivity contribution is -0.111. The predicted molar refractivity (Wildman–Crippen MR) is 119 cm³/mol. The number of nitrogens with one attached hydrogen (secondary N) is 2. The number of hydrogen-bond donors (Lipinski definition) is 2. The summed E-state index contributed by atoms with van der Waals surface area (Å²) in [7, 11) is 0. The first-order chi connectivity index (χ1) is 15.0. The van der Waals surface area contributed by atoms with E-state index in [1.807, 2.05) is 6.92 Å². The third-order valence-corrected chi connectivity index (χ3v) is 4.46. The molecule has 1 heterocycles. The Hall–Kier alpha value is -4.07. The van der Waals surface area contributed by atoms with Gasteiger partial charge in [0, 0.05) is 29.4 Å². The molecular formula is C23H16ClFN4O2. The fraction of sp³-hybridized carbons (Fsp3) is 0.0870. The molecule has 0 radical (unpaired) electrons. The summed E-state index contributed by atoms with van der Waals surface area (Å²) in [5.41, 5.74) is 2.05. The second kappa shape index (κ2) is 9.62. The molecule has 2 N–H and O–H groups in total. The number of benzene rings is 2. The zero-order chi connectivity index (χ0) is 22.4. The van der Waals surface area contributed by atoms with E-state index in [4.69, 9.17) is 22.8 Å². The molecule has 6 nitrogen and oxygen atoms in total. The van der Waals surface area contributed by atoms with Crippen LogP contribution in [-0.4, -0.2) is 17.5 Å². The number of fused-ring (bicyclic) bond motifs is 1. The number of rotatable bonds is 6. The summed E-state index contributed by atoms with van der Waals surface area (Å²) in [5, 5.41) is 15.9. The first kappa shape index (κ1) is 21.6. The SMILES string of the molecule is C#CC=CC(=O)Nc1cc2c(Nc3ccc(F)c(Cl)c3)c(C#N)cnc2cc1OCC. The van der Waals surface area contributed by atoms with Crippen LogP contribution in [-0.2, 0) is 4.79 Å². The van der Waals surface area contributed by atoms with E-state index in [-0.39, 0.29) is 10.6 Å². The van der Waals surface area contributed by atoms with Crippen LogP contribution in [0.25, 0.3) is 10.9 Å². The van der Waals surface area contributed by atoms with E-state index < -0.39 is 11.7 Å². The van der Waals surface area contributed by atoms with E-state index in [0.29, 0.717) is 40.3 Å². The molecule has 1 amide bonds. The number of anilines is 3. The molecule has 0 aliphatic rings. The van der Waals surface area contributed by atoms with Gasteiger partial charge in [0.1, 0.15) is 17.6 Å². The molecule has 0 spiro atoms. The maximum atomic E-state index is 13.5. The summed E-state index contributed by atoms with van der Waals surface area (Å²) in [5.74, 6) is 1.66. The van der Waals surface area contributed by atoms with Gasteiger partial charge in [0.25, 0.3) is 0 Å². The van der Waals surface area contributed by atoms with Gasteiger partial charge in [0.15, 0.2) is 0 Å². The second-order valence-corrected chi connectivity index (χ2v) is 6.61. The number of hydrogen-bond acceptors (Lipinski definition) is 5. The lowest BCUT2D eigenvalue weighted by atomic mass is 10.1. The quantitative estimate of drug-likeness (QED) is 0.413. The second-order valence-electron chi connectivity index (χ2n) is 6.20. The molecular weight excluding hydrogens is 419 g/mol. The van der Waals surface area contributed by atoms with Crippen molar-refractivity contribution in [2.45, 2.75) is 6.92 Å². The number of ether oxygens (including phenoxy) is 1. The minimum atomic E-state index is -0.557. The third-order valence-electron chi connectivity index (χ3n) is 4.17. The minimum Gasteiger partial charge on any atom is -0.492 e. The normalized spacial score (nSPS) is 10.5. The minimum absolute atomic E-state index is 0.0613. The van der Waals surface area contributed by atoms with E-state index in [9.17, 15) is 14.4 Å². The average Bonchev–Trinajstić information content (AvgIpc) is 2.76. The predicted octanol–water partition coefficient (Wildman–Crippen LogP) is 5.17. The van der Waals surface area contributed by atoms with Crippen LogP contribution in [0, 0.1) is 29.5 Å². The van der Waals surface area contributed by atoms with Crippen LogP contribution in [0.2, 0.25) is 5.02 Å². The van der Waals surface area contributed by atoms with Gasteiger partial charge in [-0.3, -0.25) is 9.78 Å². The molecule has 1 aromatic heterocycles. The van der Waals surface area contributed by atoms with Crippen LogP contribution in [0.1, 0.15) is 12.5 Å². The number of allylic oxidation sites excluding steroid dienone is 1. The van der Waals surface area contributed by atoms with Crippen molar-refractivity contribution in [1.29, 1.82) is 5.26 Å². The van der Waals surface area contributed by atoms with Crippen molar-refractivity contribution in [3.63, 3.8) is 0 Å². The Bertz CT molecular complexity index is 1280. The van der Waals surface area contributed by atoms with Gasteiger partial charge in [-0.05, 0) is 37.3 Å². The smallest absolute Gasteiger partial charge is 0.249 e. The summed E-state index contributed by atoms with van der Waals surface area (Å²) in [6, 6.07) is 9.50. The lowest BCUT2D eigenvalue weighted by Gasteiger charge is -2.16. The van der Waals surface area contributed by atoms with Crippen molar-refractivity contribution in [2.75, 3.05) is 17.2 Å². The summed E-state index contributed by atoms with van der Waals surface area (Å²) in [6.07, 6.45) is 9.05. The topological polar surface area (TPSA) is 87.0 Å². The Labute approximate surface area is 183 Å². The molecule has 0 fully saturated rings. The van der Waals surface area contributed by atoms with Gasteiger partial charge >= 0.3 is 0 Å². The molecule has 0 bridgehead atoms. The molecule has 154 valence electrons. The molecule has 0 aliphatic carbocycles. The number of halogens is 2. The lowest BCUT2D eigenvalue weighted by Crippen LogP contribution is -2.10. The largest absolute Gasteiger partial charge is 0.492 e. The standard InChI is InChI=1S/C23H16ClFN4O2/c1-3-5-6-22(30)29-20-10-16-19(11-21(20)31-4-2)27-13-14(12-26)23(16)28-15-7-8-18(25)17(24)9-15/h1,5-11,13H,4H2,2H3,(H,27,28)(H,29,30). The number of carbonyl (C=O) groups is 1. The van der Waals surface area contributed by atoms with E-state index in [1.54, 1.807) is 12.1 Å². The van der Waals surface area contributed by atoms with Crippen molar-refractivity contribution in [1.82, 2.24) is 4.98 Å². The first-order valence-corrected chi connectivity index (χ1v) is 9.50. The first-order valence-electron chi connectivity index (χ1n) is 9.12. The highest BCUT2D eigenvalue weighted by molar-refractivity contribution is 6.31. The highest BCUT2D eigenvalue weighted by Crippen LogP contribution is 2.36. The molecule has 0 saturated carbocycles. The van der Waals surface area contributed by atoms with Crippen molar-refractivity contribution >= 4 is 45.5 Å². The van der Waals surface area contributed by atoms with E-state index in [0.717, 1.165) is 0 Å². The number of pyridine rings is 1. The average molecular weight is 435 g/mol. The number of aromatic nitrogens is 1. The number of nitrogens with zero attached hydrogens (tertiary/aromatic N) is 2. The van der Waals surface area contributed by atoms with Crippen LogP contribution in [0.5, 0.6) is 5.75 Å². The highest BCUT2D eigenvalue weighted by atomic mass is 35.5. The van der Waals surface area contributed by atoms with Crippen molar-refractivity contribution in [3.05, 3.63) is 65.1 Å². The van der Waals surface area contributed by atoms with Crippen LogP contribution in [0.4, 0.5) is 21.5 Å². The van der Waals surface area contributed by atoms with Crippen LogP contribution in [0.15, 0.2) is 48.7 Å². The van der Waals surface area contributed by atoms with Crippen LogP contribution >= 0.6 is 11.6 Å². The maximum absolute atomic E-state index is 13.5. The van der Waals surface area contributed by atoms with Crippen molar-refractivity contribution in [2.24, 2.45) is 0 Å². The molecule has 31 heavy (non-hydrogen) atoms. The monoisotopic (exact) mass is 434 g/mol. The maximum Gasteiger partial charge on any atom is 0.249 e. The zero-order valence-electron chi connectivity index (χ0n) is 16.4. The molecule has 3 aromatic rings. The number of terminal acetylenes is 1. The Morgan fingerprint density at radius 1 is 1.39 bits per heavy atom. The Kier molecular flexibility index (Phi) is 6.71. The van der Waals surface area contributed by atoms with Gasteiger partial charge in [-0.2, -0.15) is 5.26 Å². The Balaban J connectivity index is 2.15. The summed E-state index contributed by atoms with van der Waals surface area (Å²) in [6.45, 7) is 2.18. The van der Waals surface area contributed by atoms with Crippen LogP contribution < -0.4 is 15.4 Å². The van der Waals surface area contributed by atoms with Gasteiger partial charge in [-0.1, -0.05) is 17.5 Å². The summed E-state index contributed by atoms with van der Waals surface area (Å²) < 4.78 is 19.2. The highest BCUT2D eigenvalue weighted by Gasteiger charge is 2.15. The molecule has 0 unspecified atom stereocenters. The van der Waals surface area contributed by atoms with Crippen molar-refractivity contribution < 1.29 is 13.9 Å². The molecule has 0 aliphatic heterocycles. The van der Waals surface area contributed by atoms with Gasteiger partial charge in [0.2, 0.25) is 5.91 Å². The van der Waals surface area contributed by atoms with E-state index in [1.165, 1.54) is 36.5 Å². The van der Waals surface area contributed by atoms with Gasteiger partial charge < -0.3 is 15.4 Å². The molecule has 2 aromatic carbocycles. The molecule has 0 atom stereocenters. The van der Waals surface area contributed by atoms with Crippen LogP contribution in [0.3, 0.4) is 0 Å².